The number of carbonyl (C=O) groups is 1. The third-order valence-electron chi connectivity index (χ3n) is 5.99. The number of nitrogens with one attached hydrogen (secondary N) is 2. The molecule has 0 radical (unpaired) electrons. The van der Waals surface area contributed by atoms with Gasteiger partial charge in [-0.25, -0.2) is 0 Å². The average Bonchev–Trinajstić information content (AvgIpc) is 3.18. The van der Waals surface area contributed by atoms with Crippen molar-refractivity contribution < 1.29 is 19.2 Å². The van der Waals surface area contributed by atoms with E-state index >= 15 is 0 Å². The van der Waals surface area contributed by atoms with E-state index in [0.29, 0.717) is 46.0 Å². The molecule has 1 amide bonds. The van der Waals surface area contributed by atoms with E-state index in [1.54, 1.807) is 36.4 Å². The Morgan fingerprint density at radius 3 is 2.45 bits per heavy atom. The van der Waals surface area contributed by atoms with Gasteiger partial charge in [-0.05, 0) is 44.5 Å². The van der Waals surface area contributed by atoms with Gasteiger partial charge in [0.2, 0.25) is 0 Å². The van der Waals surface area contributed by atoms with Crippen molar-refractivity contribution in [3.63, 3.8) is 0 Å². The minimum atomic E-state index is -1.45. The van der Waals surface area contributed by atoms with E-state index < -0.39 is 23.4 Å². The first-order valence-corrected chi connectivity index (χ1v) is 11.1. The lowest BCUT2D eigenvalue weighted by atomic mass is 9.78. The van der Waals surface area contributed by atoms with Crippen molar-refractivity contribution >= 4 is 27.5 Å². The van der Waals surface area contributed by atoms with E-state index in [4.69, 9.17) is 9.47 Å². The van der Waals surface area contributed by atoms with Gasteiger partial charge in [0.15, 0.2) is 17.0 Å². The zero-order valence-corrected chi connectivity index (χ0v) is 19.1. The number of para-hydroxylation sites is 1. The van der Waals surface area contributed by atoms with Crippen molar-refractivity contribution in [1.29, 1.82) is 0 Å². The van der Waals surface area contributed by atoms with Gasteiger partial charge in [0.05, 0.1) is 19.1 Å². The minimum Gasteiger partial charge on any atom is -0.490 e. The Morgan fingerprint density at radius 1 is 1.16 bits per heavy atom. The molecule has 0 bridgehead atoms. The van der Waals surface area contributed by atoms with E-state index in [1.165, 1.54) is 0 Å². The van der Waals surface area contributed by atoms with Crippen LogP contribution in [0.15, 0.2) is 40.9 Å². The van der Waals surface area contributed by atoms with Crippen LogP contribution < -0.4 is 20.1 Å². The molecule has 31 heavy (non-hydrogen) atoms. The Labute approximate surface area is 188 Å². The summed E-state index contributed by atoms with van der Waals surface area (Å²) in [5.41, 5.74) is 0.444. The molecule has 164 valence electrons. The first-order chi connectivity index (χ1) is 14.8. The summed E-state index contributed by atoms with van der Waals surface area (Å²) in [7, 11) is 0. The first kappa shape index (κ1) is 21.6. The maximum Gasteiger partial charge on any atom is 0.256 e. The number of nitro groups is 1. The highest BCUT2D eigenvalue weighted by atomic mass is 79.9. The van der Waals surface area contributed by atoms with Gasteiger partial charge in [0.1, 0.15) is 0 Å². The van der Waals surface area contributed by atoms with Crippen molar-refractivity contribution in [2.24, 2.45) is 0 Å². The van der Waals surface area contributed by atoms with Crippen molar-refractivity contribution in [1.82, 2.24) is 5.32 Å². The molecular formula is C22H24BrN3O5. The molecule has 2 aromatic carbocycles. The second-order valence-corrected chi connectivity index (χ2v) is 8.54. The zero-order chi connectivity index (χ0) is 22.3. The summed E-state index contributed by atoms with van der Waals surface area (Å²) in [6.45, 7) is 6.51. The molecule has 2 aromatic rings. The standard InChI is InChI=1S/C22H24BrN3O5/c1-4-30-17-10-13(15(23)11-18(17)31-5-2)19-12(3)25-22(20(19)26(28)29)14-8-6-7-9-16(14)24-21(22)27/h6-12,19-20,25H,4-5H2,1-3H3,(H,24,27)/t12-,19-,20-,22+/m0/s1. The Morgan fingerprint density at radius 2 is 1.81 bits per heavy atom. The van der Waals surface area contributed by atoms with Crippen LogP contribution in [0.4, 0.5) is 5.69 Å². The number of benzene rings is 2. The molecule has 1 saturated heterocycles. The number of rotatable bonds is 6. The fourth-order valence-electron chi connectivity index (χ4n) is 4.86. The summed E-state index contributed by atoms with van der Waals surface area (Å²) in [6.07, 6.45) is 0. The summed E-state index contributed by atoms with van der Waals surface area (Å²) in [5.74, 6) is 0.0944. The molecule has 0 saturated carbocycles. The third-order valence-corrected chi connectivity index (χ3v) is 6.67. The predicted molar refractivity (Wildman–Crippen MR) is 119 cm³/mol. The lowest BCUT2D eigenvalue weighted by Crippen LogP contribution is -2.54. The molecule has 1 fully saturated rings. The number of halogens is 1. The van der Waals surface area contributed by atoms with Gasteiger partial charge >= 0.3 is 0 Å². The fraction of sp³-hybridized carbons (Fsp3) is 0.409. The van der Waals surface area contributed by atoms with Gasteiger partial charge in [0, 0.05) is 26.7 Å². The second-order valence-electron chi connectivity index (χ2n) is 7.68. The van der Waals surface area contributed by atoms with Crippen LogP contribution in [0.2, 0.25) is 0 Å². The van der Waals surface area contributed by atoms with Gasteiger partial charge in [0.25, 0.3) is 11.9 Å². The van der Waals surface area contributed by atoms with Crippen LogP contribution in [0.5, 0.6) is 11.5 Å². The highest BCUT2D eigenvalue weighted by Crippen LogP contribution is 2.51. The Balaban J connectivity index is 1.88. The maximum atomic E-state index is 13.2. The quantitative estimate of drug-likeness (QED) is 0.472. The van der Waals surface area contributed by atoms with Crippen LogP contribution in [0.3, 0.4) is 0 Å². The average molecular weight is 490 g/mol. The van der Waals surface area contributed by atoms with Crippen molar-refractivity contribution in [3.8, 4) is 11.5 Å². The van der Waals surface area contributed by atoms with Gasteiger partial charge in [-0.3, -0.25) is 20.2 Å². The number of hydrogen-bond donors (Lipinski definition) is 2. The monoisotopic (exact) mass is 489 g/mol. The Kier molecular flexibility index (Phi) is 5.65. The van der Waals surface area contributed by atoms with Crippen molar-refractivity contribution in [2.45, 2.75) is 44.3 Å². The largest absolute Gasteiger partial charge is 0.490 e. The molecular weight excluding hydrogens is 466 g/mol. The van der Waals surface area contributed by atoms with Crippen LogP contribution in [0.25, 0.3) is 0 Å². The zero-order valence-electron chi connectivity index (χ0n) is 17.5. The van der Waals surface area contributed by atoms with Crippen LogP contribution in [0, 0.1) is 10.1 Å². The van der Waals surface area contributed by atoms with Crippen molar-refractivity contribution in [2.75, 3.05) is 18.5 Å². The van der Waals surface area contributed by atoms with Gasteiger partial charge in [-0.15, -0.1) is 0 Å². The summed E-state index contributed by atoms with van der Waals surface area (Å²) in [5, 5.41) is 18.6. The Bertz CT molecular complexity index is 1050. The normalized spacial score (nSPS) is 26.6. The number of ether oxygens (including phenoxy) is 2. The van der Waals surface area contributed by atoms with Gasteiger partial charge in [-0.2, -0.15) is 0 Å². The van der Waals surface area contributed by atoms with E-state index in [0.717, 1.165) is 0 Å². The minimum absolute atomic E-state index is 0.341. The molecule has 0 unspecified atom stereocenters. The second kappa shape index (κ2) is 8.12. The van der Waals surface area contributed by atoms with E-state index in [9.17, 15) is 14.9 Å². The van der Waals surface area contributed by atoms with Gasteiger partial charge in [-0.1, -0.05) is 34.1 Å². The van der Waals surface area contributed by atoms with E-state index in [2.05, 4.69) is 26.6 Å². The van der Waals surface area contributed by atoms with Crippen molar-refractivity contribution in [3.05, 3.63) is 62.1 Å². The SMILES string of the molecule is CCOc1cc(Br)c([C@@H]2[C@H](C)N[C@@]3(C(=O)Nc4ccccc43)[C@H]2[N+](=O)[O-])cc1OCC. The molecule has 1 spiro atoms. The van der Waals surface area contributed by atoms with Crippen LogP contribution in [0.1, 0.15) is 37.8 Å². The third kappa shape index (κ3) is 3.27. The summed E-state index contributed by atoms with van der Waals surface area (Å²) < 4.78 is 12.1. The molecule has 2 aliphatic rings. The summed E-state index contributed by atoms with van der Waals surface area (Å²) in [6, 6.07) is 9.12. The highest BCUT2D eigenvalue weighted by molar-refractivity contribution is 9.10. The smallest absolute Gasteiger partial charge is 0.256 e. The van der Waals surface area contributed by atoms with Crippen LogP contribution in [-0.2, 0) is 10.3 Å². The van der Waals surface area contributed by atoms with Gasteiger partial charge < -0.3 is 14.8 Å². The number of hydrogen-bond acceptors (Lipinski definition) is 6. The molecule has 0 aliphatic carbocycles. The first-order valence-electron chi connectivity index (χ1n) is 10.3. The highest BCUT2D eigenvalue weighted by Gasteiger charge is 2.67. The summed E-state index contributed by atoms with van der Waals surface area (Å²) >= 11 is 3.57. The van der Waals surface area contributed by atoms with Crippen LogP contribution in [-0.4, -0.2) is 36.1 Å². The number of carbonyl (C=O) groups excluding carboxylic acids is 1. The van der Waals surface area contributed by atoms with E-state index in [-0.39, 0.29) is 11.0 Å². The summed E-state index contributed by atoms with van der Waals surface area (Å²) in [4.78, 5) is 25.3. The van der Waals surface area contributed by atoms with Crippen LogP contribution >= 0.6 is 15.9 Å². The topological polar surface area (TPSA) is 103 Å². The molecule has 9 heteroatoms. The molecule has 2 N–H and O–H groups in total. The van der Waals surface area contributed by atoms with E-state index in [1.807, 2.05) is 20.8 Å². The fourth-order valence-corrected chi connectivity index (χ4v) is 5.45. The number of anilines is 1. The molecule has 8 nitrogen and oxygen atoms in total. The molecule has 2 aliphatic heterocycles. The number of nitrogens with zero attached hydrogens (tertiary/aromatic N) is 1. The maximum absolute atomic E-state index is 13.2. The Hall–Kier alpha value is -2.65. The number of fused-ring (bicyclic) bond motifs is 2. The predicted octanol–water partition coefficient (Wildman–Crippen LogP) is 3.81. The molecule has 4 rings (SSSR count). The lowest BCUT2D eigenvalue weighted by Gasteiger charge is -2.26. The molecule has 4 atom stereocenters. The molecule has 2 heterocycles. The lowest BCUT2D eigenvalue weighted by molar-refractivity contribution is -0.532. The number of amides is 1. The molecule has 0 aromatic heterocycles.